The number of benzene rings is 2. The van der Waals surface area contributed by atoms with Gasteiger partial charge in [0.05, 0.1) is 5.56 Å². The Balaban J connectivity index is -0.000000623. The zero-order valence-corrected chi connectivity index (χ0v) is 25.7. The highest BCUT2D eigenvalue weighted by atomic mass is 35.5. The second kappa shape index (κ2) is 17.3. The van der Waals surface area contributed by atoms with Gasteiger partial charge in [0.15, 0.2) is 0 Å². The summed E-state index contributed by atoms with van der Waals surface area (Å²) >= 11 is 0. The molecule has 1 amide bonds. The van der Waals surface area contributed by atoms with Gasteiger partial charge in [-0.05, 0) is 93.8 Å². The van der Waals surface area contributed by atoms with Gasteiger partial charge in [-0.15, -0.1) is 12.4 Å². The molecule has 242 valence electrons. The van der Waals surface area contributed by atoms with Crippen molar-refractivity contribution in [3.63, 3.8) is 0 Å². The van der Waals surface area contributed by atoms with Gasteiger partial charge in [-0.3, -0.25) is 4.79 Å². The second-order valence-corrected chi connectivity index (χ2v) is 9.98. The van der Waals surface area contributed by atoms with Gasteiger partial charge in [0.1, 0.15) is 5.75 Å². The van der Waals surface area contributed by atoms with Crippen LogP contribution in [-0.4, -0.2) is 52.1 Å². The Hall–Kier alpha value is -3.75. The summed E-state index contributed by atoms with van der Waals surface area (Å²) in [6.07, 6.45) is 7.11. The lowest BCUT2D eigenvalue weighted by Gasteiger charge is -2.30. The Morgan fingerprint density at radius 1 is 0.786 bits per heavy atom. The van der Waals surface area contributed by atoms with Crippen LogP contribution in [0.5, 0.6) is 5.75 Å². The molecule has 42 heavy (non-hydrogen) atoms. The smallest absolute Gasteiger partial charge is 0.259 e. The number of phenols is 1. The Labute approximate surface area is 260 Å². The molecule has 0 saturated carbocycles. The SMILES string of the molecule is Cc1ccc(C(=O)Nc2ccc(Nc3nc(N4CCCCC4)nc(N4CCCCC4)n3)c(C)c2)c(O)c1.Cl.N.N.N.N.[HH].[HH].[HH].[HH]. The van der Waals surface area contributed by atoms with Crippen LogP contribution in [0.2, 0.25) is 0 Å². The Morgan fingerprint density at radius 3 is 1.83 bits per heavy atom. The molecule has 3 heterocycles. The average molecular weight is 614 g/mol. The Morgan fingerprint density at radius 2 is 1.33 bits per heavy atom. The van der Waals surface area contributed by atoms with Gasteiger partial charge in [0.2, 0.25) is 17.8 Å². The largest absolute Gasteiger partial charge is 0.507 e. The monoisotopic (exact) mass is 613 g/mol. The molecule has 0 aliphatic carbocycles. The minimum atomic E-state index is -0.354. The molecular weight excluding hydrogens is 558 g/mol. The number of phenolic OH excluding ortho intramolecular Hbond substituents is 1. The number of rotatable bonds is 6. The summed E-state index contributed by atoms with van der Waals surface area (Å²) in [6, 6.07) is 10.6. The second-order valence-electron chi connectivity index (χ2n) is 9.98. The van der Waals surface area contributed by atoms with Crippen LogP contribution in [-0.2, 0) is 0 Å². The summed E-state index contributed by atoms with van der Waals surface area (Å²) in [5.74, 6) is 1.61. The molecule has 2 saturated heterocycles. The molecule has 2 aliphatic rings. The van der Waals surface area contributed by atoms with E-state index >= 15 is 0 Å². The molecule has 0 unspecified atom stereocenters. The fourth-order valence-corrected chi connectivity index (χ4v) is 4.91. The van der Waals surface area contributed by atoms with Gasteiger partial charge in [0.25, 0.3) is 5.91 Å². The first-order valence-corrected chi connectivity index (χ1v) is 13.2. The van der Waals surface area contributed by atoms with E-state index < -0.39 is 0 Å². The Bertz CT molecular complexity index is 1270. The third-order valence-corrected chi connectivity index (χ3v) is 7.02. The number of piperidine rings is 2. The third kappa shape index (κ3) is 9.13. The molecule has 15 N–H and O–H groups in total. The van der Waals surface area contributed by atoms with Crippen molar-refractivity contribution in [1.29, 1.82) is 0 Å². The first kappa shape index (κ1) is 38.2. The molecule has 13 nitrogen and oxygen atoms in total. The van der Waals surface area contributed by atoms with Gasteiger partial charge >= 0.3 is 0 Å². The van der Waals surface area contributed by atoms with Gasteiger partial charge in [-0.1, -0.05) is 6.07 Å². The zero-order valence-electron chi connectivity index (χ0n) is 24.9. The van der Waals surface area contributed by atoms with Crippen molar-refractivity contribution in [3.05, 3.63) is 53.1 Å². The summed E-state index contributed by atoms with van der Waals surface area (Å²) < 4.78 is 0. The highest BCUT2D eigenvalue weighted by Crippen LogP contribution is 2.27. The summed E-state index contributed by atoms with van der Waals surface area (Å²) in [5, 5.41) is 16.4. The van der Waals surface area contributed by atoms with Gasteiger partial charge in [-0.2, -0.15) is 15.0 Å². The fourth-order valence-electron chi connectivity index (χ4n) is 4.91. The zero-order chi connectivity index (χ0) is 25.8. The van der Waals surface area contributed by atoms with Crippen molar-refractivity contribution in [3.8, 4) is 5.75 Å². The summed E-state index contributed by atoms with van der Waals surface area (Å²) in [7, 11) is 0. The topological polar surface area (TPSA) is 247 Å². The lowest BCUT2D eigenvalue weighted by atomic mass is 10.1. The fraction of sp³-hybridized carbons (Fsp3) is 0.429. The van der Waals surface area contributed by atoms with E-state index in [9.17, 15) is 9.90 Å². The van der Waals surface area contributed by atoms with E-state index in [1.807, 2.05) is 32.0 Å². The number of nitrogens with zero attached hydrogens (tertiary/aromatic N) is 5. The molecule has 3 aromatic rings. The van der Waals surface area contributed by atoms with Crippen molar-refractivity contribution >= 4 is 47.5 Å². The first-order chi connectivity index (χ1) is 18.0. The first-order valence-electron chi connectivity index (χ1n) is 13.2. The highest BCUT2D eigenvalue weighted by molar-refractivity contribution is 6.06. The predicted molar refractivity (Wildman–Crippen MR) is 183 cm³/mol. The molecule has 2 aliphatic heterocycles. The Kier molecular flexibility index (Phi) is 15.7. The van der Waals surface area contributed by atoms with E-state index in [2.05, 4.69) is 20.4 Å². The number of anilines is 5. The number of halogens is 1. The summed E-state index contributed by atoms with van der Waals surface area (Å²) in [5.41, 5.74) is 3.57. The lowest BCUT2D eigenvalue weighted by Crippen LogP contribution is -2.34. The van der Waals surface area contributed by atoms with Gasteiger partial charge in [0, 0.05) is 43.3 Å². The molecule has 0 atom stereocenters. The molecule has 0 radical (unpaired) electrons. The van der Waals surface area contributed by atoms with Crippen molar-refractivity contribution < 1.29 is 15.6 Å². The van der Waals surface area contributed by atoms with E-state index in [0.717, 1.165) is 80.6 Å². The average Bonchev–Trinajstić information content (AvgIpc) is 2.91. The third-order valence-electron chi connectivity index (χ3n) is 7.02. The van der Waals surface area contributed by atoms with Crippen molar-refractivity contribution in [2.75, 3.05) is 46.6 Å². The van der Waals surface area contributed by atoms with Crippen LogP contribution in [0.15, 0.2) is 36.4 Å². The normalized spacial score (nSPS) is 14.0. The minimum Gasteiger partial charge on any atom is -0.507 e. The molecule has 2 aromatic carbocycles. The number of aryl methyl sites for hydroxylation is 2. The van der Waals surface area contributed by atoms with E-state index in [-0.39, 0.29) is 59.9 Å². The quantitative estimate of drug-likeness (QED) is 0.145. The molecule has 14 heteroatoms. The molecule has 5 rings (SSSR count). The predicted octanol–water partition coefficient (Wildman–Crippen LogP) is 7.22. The number of hydrogen-bond acceptors (Lipinski definition) is 12. The molecular formula is C28H56ClN11O2. The van der Waals surface area contributed by atoms with Crippen LogP contribution < -0.4 is 45.0 Å². The van der Waals surface area contributed by atoms with E-state index in [1.54, 1.807) is 18.2 Å². The number of carbonyl (C=O) groups excluding carboxylic acids is 1. The summed E-state index contributed by atoms with van der Waals surface area (Å²) in [6.45, 7) is 7.70. The number of nitrogens with one attached hydrogen (secondary N) is 2. The number of amides is 1. The number of aromatic hydroxyl groups is 1. The maximum absolute atomic E-state index is 12.7. The van der Waals surface area contributed by atoms with E-state index in [1.165, 1.54) is 12.8 Å². The van der Waals surface area contributed by atoms with Gasteiger partial charge < -0.3 is 50.1 Å². The lowest BCUT2D eigenvalue weighted by molar-refractivity contribution is 0.102. The molecule has 1 aromatic heterocycles. The van der Waals surface area contributed by atoms with E-state index in [4.69, 9.17) is 15.0 Å². The van der Waals surface area contributed by atoms with Crippen LogP contribution in [0.4, 0.5) is 29.2 Å². The molecule has 0 spiro atoms. The van der Waals surface area contributed by atoms with Crippen LogP contribution in [0.1, 0.15) is 65.7 Å². The van der Waals surface area contributed by atoms with Gasteiger partial charge in [-0.25, -0.2) is 0 Å². The van der Waals surface area contributed by atoms with Crippen LogP contribution in [0.25, 0.3) is 0 Å². The van der Waals surface area contributed by atoms with Crippen LogP contribution in [0, 0.1) is 13.8 Å². The highest BCUT2D eigenvalue weighted by Gasteiger charge is 2.21. The number of aromatic nitrogens is 3. The standard InChI is InChI=1S/C28H35N7O2.ClH.4H3N.4H2/c1-19-9-11-22(24(36)17-19)25(37)29-21-10-12-23(20(2)18-21)30-26-31-27(34-13-5-3-6-14-34)33-28(32-26)35-15-7-4-8-16-35;;;;;;;;;/h9-12,17-18,36H,3-8,13-16H2,1-2H3,(H,29,37)(H,30,31,32,33);1H;4*1H3;4*1H. The van der Waals surface area contributed by atoms with E-state index in [0.29, 0.717) is 11.6 Å². The molecule has 0 bridgehead atoms. The van der Waals surface area contributed by atoms with Crippen LogP contribution >= 0.6 is 12.4 Å². The maximum Gasteiger partial charge on any atom is 0.259 e. The summed E-state index contributed by atoms with van der Waals surface area (Å²) in [4.78, 5) is 31.6. The number of hydrogen-bond donors (Lipinski definition) is 7. The van der Waals surface area contributed by atoms with Crippen molar-refractivity contribution in [1.82, 2.24) is 39.6 Å². The number of carbonyl (C=O) groups is 1. The minimum absolute atomic E-state index is 0. The molecule has 2 fully saturated rings. The van der Waals surface area contributed by atoms with Crippen molar-refractivity contribution in [2.24, 2.45) is 0 Å². The van der Waals surface area contributed by atoms with Crippen molar-refractivity contribution in [2.45, 2.75) is 52.4 Å². The maximum atomic E-state index is 12.7. The van der Waals surface area contributed by atoms with Crippen LogP contribution in [0.3, 0.4) is 0 Å².